The zero-order valence-corrected chi connectivity index (χ0v) is 9.23. The SMILES string of the molecule is O=C(NO)C(c1ccccc1)C1CCCC1. The van der Waals surface area contributed by atoms with Crippen molar-refractivity contribution in [2.45, 2.75) is 31.6 Å². The van der Waals surface area contributed by atoms with Crippen molar-refractivity contribution in [2.24, 2.45) is 5.92 Å². The van der Waals surface area contributed by atoms with Gasteiger partial charge < -0.3 is 0 Å². The average Bonchev–Trinajstić information content (AvgIpc) is 2.84. The number of hydrogen-bond acceptors (Lipinski definition) is 2. The quantitative estimate of drug-likeness (QED) is 0.606. The number of amides is 1. The summed E-state index contributed by atoms with van der Waals surface area (Å²) >= 11 is 0. The first kappa shape index (κ1) is 11.1. The molecule has 1 aliphatic rings. The lowest BCUT2D eigenvalue weighted by atomic mass is 9.84. The standard InChI is InChI=1S/C13H17NO2/c15-13(14-16)12(11-8-4-5-9-11)10-6-2-1-3-7-10/h1-3,6-7,11-12,16H,4-5,8-9H2,(H,14,15). The summed E-state index contributed by atoms with van der Waals surface area (Å²) in [6.07, 6.45) is 4.53. The van der Waals surface area contributed by atoms with Gasteiger partial charge in [0.05, 0.1) is 5.92 Å². The van der Waals surface area contributed by atoms with Crippen molar-refractivity contribution in [3.63, 3.8) is 0 Å². The largest absolute Gasteiger partial charge is 0.289 e. The van der Waals surface area contributed by atoms with Gasteiger partial charge in [0.15, 0.2) is 0 Å². The highest BCUT2D eigenvalue weighted by Gasteiger charge is 2.31. The van der Waals surface area contributed by atoms with Gasteiger partial charge in [0.25, 0.3) is 5.91 Å². The van der Waals surface area contributed by atoms with Gasteiger partial charge in [-0.2, -0.15) is 0 Å². The zero-order chi connectivity index (χ0) is 11.4. The van der Waals surface area contributed by atoms with E-state index < -0.39 is 0 Å². The van der Waals surface area contributed by atoms with E-state index in [1.165, 1.54) is 12.8 Å². The van der Waals surface area contributed by atoms with E-state index >= 15 is 0 Å². The van der Waals surface area contributed by atoms with Gasteiger partial charge in [-0.15, -0.1) is 0 Å². The number of carbonyl (C=O) groups is 1. The summed E-state index contributed by atoms with van der Waals surface area (Å²) in [5, 5.41) is 8.83. The fourth-order valence-corrected chi connectivity index (χ4v) is 2.66. The van der Waals surface area contributed by atoms with Crippen LogP contribution in [0.15, 0.2) is 30.3 Å². The Morgan fingerprint density at radius 1 is 1.25 bits per heavy atom. The van der Waals surface area contributed by atoms with Crippen LogP contribution in [0, 0.1) is 5.92 Å². The molecule has 16 heavy (non-hydrogen) atoms. The molecule has 1 unspecified atom stereocenters. The number of carbonyl (C=O) groups excluding carboxylic acids is 1. The lowest BCUT2D eigenvalue weighted by molar-refractivity contribution is -0.132. The molecule has 0 saturated heterocycles. The Kier molecular flexibility index (Phi) is 3.57. The van der Waals surface area contributed by atoms with Crippen molar-refractivity contribution in [3.8, 4) is 0 Å². The molecule has 1 atom stereocenters. The molecule has 0 spiro atoms. The Labute approximate surface area is 95.4 Å². The third-order valence-corrected chi connectivity index (χ3v) is 3.42. The van der Waals surface area contributed by atoms with E-state index in [0.717, 1.165) is 18.4 Å². The first-order valence-electron chi connectivity index (χ1n) is 5.82. The second-order valence-corrected chi connectivity index (χ2v) is 4.41. The highest BCUT2D eigenvalue weighted by atomic mass is 16.5. The minimum absolute atomic E-state index is 0.200. The van der Waals surface area contributed by atoms with Crippen molar-refractivity contribution >= 4 is 5.91 Å². The monoisotopic (exact) mass is 219 g/mol. The second kappa shape index (κ2) is 5.12. The van der Waals surface area contributed by atoms with E-state index in [1.54, 1.807) is 5.48 Å². The fourth-order valence-electron chi connectivity index (χ4n) is 2.66. The van der Waals surface area contributed by atoms with Gasteiger partial charge >= 0.3 is 0 Å². The molecule has 0 aromatic heterocycles. The van der Waals surface area contributed by atoms with Crippen molar-refractivity contribution in [2.75, 3.05) is 0 Å². The maximum atomic E-state index is 11.7. The van der Waals surface area contributed by atoms with E-state index in [1.807, 2.05) is 30.3 Å². The first-order valence-corrected chi connectivity index (χ1v) is 5.82. The Morgan fingerprint density at radius 2 is 1.88 bits per heavy atom. The molecule has 0 radical (unpaired) electrons. The number of benzene rings is 1. The highest BCUT2D eigenvalue weighted by molar-refractivity contribution is 5.83. The lowest BCUT2D eigenvalue weighted by Crippen LogP contribution is -2.30. The van der Waals surface area contributed by atoms with Crippen molar-refractivity contribution in [3.05, 3.63) is 35.9 Å². The van der Waals surface area contributed by atoms with Crippen LogP contribution in [0.25, 0.3) is 0 Å². The molecule has 1 aliphatic carbocycles. The van der Waals surface area contributed by atoms with E-state index in [0.29, 0.717) is 5.92 Å². The maximum absolute atomic E-state index is 11.7. The van der Waals surface area contributed by atoms with E-state index in [2.05, 4.69) is 0 Å². The number of hydrogen-bond donors (Lipinski definition) is 2. The van der Waals surface area contributed by atoms with Crippen LogP contribution in [0.1, 0.15) is 37.2 Å². The summed E-state index contributed by atoms with van der Waals surface area (Å²) in [6, 6.07) is 9.71. The van der Waals surface area contributed by atoms with Gasteiger partial charge in [0, 0.05) is 0 Å². The minimum Gasteiger partial charge on any atom is -0.289 e. The summed E-state index contributed by atoms with van der Waals surface area (Å²) in [6.45, 7) is 0. The summed E-state index contributed by atoms with van der Waals surface area (Å²) in [5.74, 6) is -0.110. The molecule has 3 nitrogen and oxygen atoms in total. The van der Waals surface area contributed by atoms with Gasteiger partial charge in [-0.1, -0.05) is 43.2 Å². The number of rotatable bonds is 3. The molecule has 3 heteroatoms. The van der Waals surface area contributed by atoms with Crippen LogP contribution >= 0.6 is 0 Å². The topological polar surface area (TPSA) is 49.3 Å². The predicted molar refractivity (Wildman–Crippen MR) is 61.1 cm³/mol. The van der Waals surface area contributed by atoms with E-state index in [-0.39, 0.29) is 11.8 Å². The first-order chi connectivity index (χ1) is 7.83. The molecule has 0 aliphatic heterocycles. The molecule has 1 saturated carbocycles. The van der Waals surface area contributed by atoms with Gasteiger partial charge in [0.2, 0.25) is 0 Å². The number of nitrogens with one attached hydrogen (secondary N) is 1. The normalized spacial score (nSPS) is 18.3. The van der Waals surface area contributed by atoms with Crippen molar-refractivity contribution < 1.29 is 10.0 Å². The van der Waals surface area contributed by atoms with Crippen LogP contribution in [0.3, 0.4) is 0 Å². The Hall–Kier alpha value is -1.35. The smallest absolute Gasteiger partial charge is 0.251 e. The molecule has 0 heterocycles. The van der Waals surface area contributed by atoms with Crippen molar-refractivity contribution in [1.29, 1.82) is 0 Å². The Morgan fingerprint density at radius 3 is 2.44 bits per heavy atom. The van der Waals surface area contributed by atoms with Gasteiger partial charge in [0.1, 0.15) is 0 Å². The molecule has 1 amide bonds. The summed E-state index contributed by atoms with van der Waals surface area (Å²) in [7, 11) is 0. The Bertz CT molecular complexity index is 344. The van der Waals surface area contributed by atoms with Gasteiger partial charge in [-0.3, -0.25) is 10.0 Å². The predicted octanol–water partition coefficient (Wildman–Crippen LogP) is 2.47. The van der Waals surface area contributed by atoms with E-state index in [9.17, 15) is 4.79 Å². The molecule has 86 valence electrons. The molecule has 2 N–H and O–H groups in total. The van der Waals surface area contributed by atoms with Gasteiger partial charge in [-0.05, 0) is 24.3 Å². The Balaban J connectivity index is 2.24. The van der Waals surface area contributed by atoms with Crippen LogP contribution in [0.2, 0.25) is 0 Å². The zero-order valence-electron chi connectivity index (χ0n) is 9.23. The third-order valence-electron chi connectivity index (χ3n) is 3.42. The molecular formula is C13H17NO2. The molecular weight excluding hydrogens is 202 g/mol. The molecule has 1 fully saturated rings. The van der Waals surface area contributed by atoms with Crippen LogP contribution < -0.4 is 5.48 Å². The van der Waals surface area contributed by atoms with Crippen molar-refractivity contribution in [1.82, 2.24) is 5.48 Å². The minimum atomic E-state index is -0.280. The third kappa shape index (κ3) is 2.25. The second-order valence-electron chi connectivity index (χ2n) is 4.41. The molecule has 0 bridgehead atoms. The highest BCUT2D eigenvalue weighted by Crippen LogP contribution is 2.37. The summed E-state index contributed by atoms with van der Waals surface area (Å²) in [4.78, 5) is 11.7. The van der Waals surface area contributed by atoms with E-state index in [4.69, 9.17) is 5.21 Å². The van der Waals surface area contributed by atoms with Crippen LogP contribution in [-0.2, 0) is 4.79 Å². The lowest BCUT2D eigenvalue weighted by Gasteiger charge is -2.21. The average molecular weight is 219 g/mol. The summed E-state index contributed by atoms with van der Waals surface area (Å²) in [5.41, 5.74) is 2.80. The van der Waals surface area contributed by atoms with Gasteiger partial charge in [-0.25, -0.2) is 5.48 Å². The molecule has 1 aromatic carbocycles. The maximum Gasteiger partial charge on any atom is 0.251 e. The van der Waals surface area contributed by atoms with Crippen LogP contribution in [-0.4, -0.2) is 11.1 Å². The van der Waals surface area contributed by atoms with Crippen LogP contribution in [0.4, 0.5) is 0 Å². The van der Waals surface area contributed by atoms with Crippen LogP contribution in [0.5, 0.6) is 0 Å². The fraction of sp³-hybridized carbons (Fsp3) is 0.462. The summed E-state index contributed by atoms with van der Waals surface area (Å²) < 4.78 is 0. The number of hydroxylamine groups is 1. The molecule has 1 aromatic rings. The molecule has 2 rings (SSSR count).